The molecule has 0 radical (unpaired) electrons. The van der Waals surface area contributed by atoms with Gasteiger partial charge < -0.3 is 14.2 Å². The Kier molecular flexibility index (Phi) is 8.32. The first-order valence-electron chi connectivity index (χ1n) is 12.1. The second-order valence-corrected chi connectivity index (χ2v) is 9.22. The van der Waals surface area contributed by atoms with E-state index in [2.05, 4.69) is 17.0 Å². The summed E-state index contributed by atoms with van der Waals surface area (Å²) in [5.74, 6) is 1.64. The fourth-order valence-electron chi connectivity index (χ4n) is 3.65. The second-order valence-electron chi connectivity index (χ2n) is 8.21. The third-order valence-corrected chi connectivity index (χ3v) is 6.34. The fourth-order valence-corrected chi connectivity index (χ4v) is 4.56. The molecule has 2 heterocycles. The Balaban J connectivity index is 1.53. The molecule has 8 nitrogen and oxygen atoms in total. The van der Waals surface area contributed by atoms with Gasteiger partial charge in [0, 0.05) is 12.5 Å². The average molecular weight is 508 g/mol. The maximum absolute atomic E-state index is 13.0. The van der Waals surface area contributed by atoms with Crippen molar-refractivity contribution in [3.8, 4) is 28.6 Å². The summed E-state index contributed by atoms with van der Waals surface area (Å²) in [5.41, 5.74) is 1.31. The van der Waals surface area contributed by atoms with E-state index in [0.29, 0.717) is 40.0 Å². The zero-order valence-corrected chi connectivity index (χ0v) is 21.5. The molecule has 0 N–H and O–H groups in total. The average Bonchev–Trinajstić information content (AvgIpc) is 3.40. The molecular formula is C27H29N3O5S. The van der Waals surface area contributed by atoms with Crippen LogP contribution in [0.25, 0.3) is 22.4 Å². The molecule has 0 fully saturated rings. The normalized spacial score (nSPS) is 11.7. The van der Waals surface area contributed by atoms with Crippen LogP contribution in [0.4, 0.5) is 0 Å². The first kappa shape index (κ1) is 25.4. The van der Waals surface area contributed by atoms with Crippen molar-refractivity contribution in [2.24, 2.45) is 0 Å². The summed E-state index contributed by atoms with van der Waals surface area (Å²) >= 11 is 1.26. The Labute approximate surface area is 213 Å². The molecule has 0 amide bonds. The quantitative estimate of drug-likeness (QED) is 0.166. The summed E-state index contributed by atoms with van der Waals surface area (Å²) in [6.07, 6.45) is 6.39. The number of rotatable bonds is 11. The van der Waals surface area contributed by atoms with Gasteiger partial charge in [-0.15, -0.1) is 5.10 Å². The highest BCUT2D eigenvalue weighted by atomic mass is 32.1. The van der Waals surface area contributed by atoms with E-state index in [1.54, 1.807) is 24.3 Å². The first-order valence-corrected chi connectivity index (χ1v) is 12.9. The summed E-state index contributed by atoms with van der Waals surface area (Å²) in [4.78, 5) is 29.4. The van der Waals surface area contributed by atoms with Gasteiger partial charge in [-0.3, -0.25) is 9.59 Å². The predicted molar refractivity (Wildman–Crippen MR) is 140 cm³/mol. The molecule has 0 aliphatic rings. The van der Waals surface area contributed by atoms with E-state index in [1.807, 2.05) is 31.2 Å². The maximum Gasteiger partial charge on any atom is 0.308 e. The minimum atomic E-state index is -0.430. The molecule has 0 saturated heterocycles. The zero-order valence-electron chi connectivity index (χ0n) is 20.7. The molecule has 0 aliphatic carbocycles. The van der Waals surface area contributed by atoms with E-state index in [4.69, 9.17) is 14.2 Å². The summed E-state index contributed by atoms with van der Waals surface area (Å²) in [7, 11) is 0. The number of carbonyl (C=O) groups excluding carboxylic acids is 1. The molecule has 0 aliphatic heterocycles. The lowest BCUT2D eigenvalue weighted by Crippen LogP contribution is -2.23. The monoisotopic (exact) mass is 507 g/mol. The largest absolute Gasteiger partial charge is 0.494 e. The second kappa shape index (κ2) is 11.8. The summed E-state index contributed by atoms with van der Waals surface area (Å²) in [6, 6.07) is 12.7. The highest BCUT2D eigenvalue weighted by molar-refractivity contribution is 7.15. The number of carbonyl (C=O) groups is 1. The minimum absolute atomic E-state index is 0.247. The van der Waals surface area contributed by atoms with Crippen LogP contribution in [-0.2, 0) is 4.79 Å². The fraction of sp³-hybridized carbons (Fsp3) is 0.333. The highest BCUT2D eigenvalue weighted by Crippen LogP contribution is 2.29. The van der Waals surface area contributed by atoms with Crippen LogP contribution < -0.4 is 24.3 Å². The molecule has 188 valence electrons. The van der Waals surface area contributed by atoms with Gasteiger partial charge in [0.05, 0.1) is 17.7 Å². The molecule has 0 spiro atoms. The van der Waals surface area contributed by atoms with Gasteiger partial charge in [0.25, 0.3) is 5.56 Å². The Morgan fingerprint density at radius 3 is 2.53 bits per heavy atom. The number of ether oxygens (including phenoxy) is 3. The Hall–Kier alpha value is -3.72. The standard InChI is InChI=1S/C27H29N3O5S/c1-4-6-7-8-15-34-21-12-10-20(11-13-21)25-28-27-30(29-25)26(32)24(36-27)17-19-9-14-22(35-18(3)31)23(16-19)33-5-2/h9-14,16-17H,4-8,15H2,1-3H3. The van der Waals surface area contributed by atoms with Crippen LogP contribution in [0, 0.1) is 0 Å². The van der Waals surface area contributed by atoms with Gasteiger partial charge in [0.15, 0.2) is 17.3 Å². The molecule has 4 aromatic rings. The number of nitrogens with zero attached hydrogens (tertiary/aromatic N) is 3. The predicted octanol–water partition coefficient (Wildman–Crippen LogP) is 4.65. The number of aromatic nitrogens is 3. The van der Waals surface area contributed by atoms with Gasteiger partial charge in [0.1, 0.15) is 5.75 Å². The number of thiazole rings is 1. The van der Waals surface area contributed by atoms with Crippen LogP contribution in [0.3, 0.4) is 0 Å². The number of hydrogen-bond acceptors (Lipinski definition) is 8. The molecule has 36 heavy (non-hydrogen) atoms. The van der Waals surface area contributed by atoms with E-state index in [0.717, 1.165) is 23.3 Å². The van der Waals surface area contributed by atoms with Crippen molar-refractivity contribution in [2.45, 2.75) is 46.5 Å². The highest BCUT2D eigenvalue weighted by Gasteiger charge is 2.13. The van der Waals surface area contributed by atoms with Crippen molar-refractivity contribution in [1.29, 1.82) is 0 Å². The number of hydrogen-bond donors (Lipinski definition) is 0. The van der Waals surface area contributed by atoms with E-state index >= 15 is 0 Å². The van der Waals surface area contributed by atoms with Crippen molar-refractivity contribution in [3.63, 3.8) is 0 Å². The Bertz CT molecular complexity index is 1440. The lowest BCUT2D eigenvalue weighted by molar-refractivity contribution is -0.132. The van der Waals surface area contributed by atoms with Crippen molar-refractivity contribution in [3.05, 3.63) is 62.9 Å². The third-order valence-electron chi connectivity index (χ3n) is 5.38. The third kappa shape index (κ3) is 6.09. The van der Waals surface area contributed by atoms with Gasteiger partial charge in [-0.25, -0.2) is 0 Å². The van der Waals surface area contributed by atoms with Gasteiger partial charge in [0.2, 0.25) is 4.96 Å². The number of fused-ring (bicyclic) bond motifs is 1. The van der Waals surface area contributed by atoms with Crippen LogP contribution in [0.5, 0.6) is 17.2 Å². The van der Waals surface area contributed by atoms with Gasteiger partial charge >= 0.3 is 5.97 Å². The van der Waals surface area contributed by atoms with Gasteiger partial charge in [-0.05, 0) is 61.4 Å². The molecular weight excluding hydrogens is 478 g/mol. The molecule has 0 saturated carbocycles. The van der Waals surface area contributed by atoms with Crippen molar-refractivity contribution in [1.82, 2.24) is 14.6 Å². The van der Waals surface area contributed by atoms with E-state index in [1.165, 1.54) is 42.0 Å². The van der Waals surface area contributed by atoms with Crippen molar-refractivity contribution in [2.75, 3.05) is 13.2 Å². The van der Waals surface area contributed by atoms with Crippen LogP contribution >= 0.6 is 11.3 Å². The topological polar surface area (TPSA) is 92.0 Å². The molecule has 0 atom stereocenters. The SMILES string of the molecule is CCCCCCOc1ccc(-c2nc3sc(=Cc4ccc(OC(C)=O)c(OCC)c4)c(=O)n3n2)cc1. The number of unbranched alkanes of at least 4 members (excludes halogenated alkanes) is 3. The maximum atomic E-state index is 13.0. The number of esters is 1. The summed E-state index contributed by atoms with van der Waals surface area (Å²) < 4.78 is 18.4. The molecule has 2 aromatic heterocycles. The summed E-state index contributed by atoms with van der Waals surface area (Å²) in [6.45, 7) is 6.48. The zero-order chi connectivity index (χ0) is 25.5. The molecule has 2 aromatic carbocycles. The van der Waals surface area contributed by atoms with Crippen LogP contribution in [0.1, 0.15) is 52.0 Å². The van der Waals surface area contributed by atoms with E-state index in [9.17, 15) is 9.59 Å². The number of benzene rings is 2. The van der Waals surface area contributed by atoms with E-state index in [-0.39, 0.29) is 5.56 Å². The minimum Gasteiger partial charge on any atom is -0.494 e. The first-order chi connectivity index (χ1) is 17.5. The van der Waals surface area contributed by atoms with Crippen molar-refractivity contribution < 1.29 is 19.0 Å². The van der Waals surface area contributed by atoms with Crippen LogP contribution in [-0.4, -0.2) is 33.8 Å². The lowest BCUT2D eigenvalue weighted by Gasteiger charge is -2.10. The van der Waals surface area contributed by atoms with Gasteiger partial charge in [-0.1, -0.05) is 43.6 Å². The smallest absolute Gasteiger partial charge is 0.308 e. The molecule has 9 heteroatoms. The molecule has 0 unspecified atom stereocenters. The lowest BCUT2D eigenvalue weighted by atomic mass is 10.2. The molecule has 0 bridgehead atoms. The molecule has 4 rings (SSSR count). The van der Waals surface area contributed by atoms with E-state index < -0.39 is 5.97 Å². The Morgan fingerprint density at radius 2 is 1.83 bits per heavy atom. The van der Waals surface area contributed by atoms with Crippen LogP contribution in [0.15, 0.2) is 47.3 Å². The van der Waals surface area contributed by atoms with Crippen LogP contribution in [0.2, 0.25) is 0 Å². The Morgan fingerprint density at radius 1 is 1.03 bits per heavy atom. The van der Waals surface area contributed by atoms with Crippen molar-refractivity contribution >= 4 is 28.3 Å². The summed E-state index contributed by atoms with van der Waals surface area (Å²) in [5, 5.41) is 4.42. The van der Waals surface area contributed by atoms with Gasteiger partial charge in [-0.2, -0.15) is 9.50 Å².